The van der Waals surface area contributed by atoms with Crippen molar-refractivity contribution < 1.29 is 0 Å². The third-order valence-electron chi connectivity index (χ3n) is 6.89. The molecule has 0 amide bonds. The van der Waals surface area contributed by atoms with Gasteiger partial charge in [-0.3, -0.25) is 4.68 Å². The third kappa shape index (κ3) is 2.00. The molecule has 6 unspecified atom stereocenters. The van der Waals surface area contributed by atoms with E-state index in [2.05, 4.69) is 38.2 Å². The Bertz CT molecular complexity index is 547. The van der Waals surface area contributed by atoms with Crippen molar-refractivity contribution in [1.82, 2.24) is 15.1 Å². The number of hydrogen-bond donors (Lipinski definition) is 1. The molecule has 0 aliphatic heterocycles. The minimum atomic E-state index is 0.433. The number of nitrogens with one attached hydrogen (secondary N) is 1. The Kier molecular flexibility index (Phi) is 3.18. The maximum absolute atomic E-state index is 4.58. The van der Waals surface area contributed by atoms with Crippen molar-refractivity contribution in [3.05, 3.63) is 17.0 Å². The molecular formula is C18H29N3. The first kappa shape index (κ1) is 13.8. The molecule has 3 aliphatic rings. The summed E-state index contributed by atoms with van der Waals surface area (Å²) in [5.41, 5.74) is 3.93. The quantitative estimate of drug-likeness (QED) is 0.922. The highest BCUT2D eigenvalue weighted by molar-refractivity contribution is 5.28. The molecule has 1 aromatic heterocycles. The van der Waals surface area contributed by atoms with Crippen LogP contribution in [0.2, 0.25) is 0 Å². The van der Waals surface area contributed by atoms with Gasteiger partial charge < -0.3 is 5.32 Å². The van der Waals surface area contributed by atoms with Gasteiger partial charge in [0.2, 0.25) is 0 Å². The number of aromatic nitrogens is 2. The highest BCUT2D eigenvalue weighted by atomic mass is 15.3. The van der Waals surface area contributed by atoms with Gasteiger partial charge in [0.25, 0.3) is 0 Å². The molecule has 0 aromatic carbocycles. The minimum absolute atomic E-state index is 0.433. The van der Waals surface area contributed by atoms with Crippen LogP contribution in [0.25, 0.3) is 0 Å². The van der Waals surface area contributed by atoms with Crippen LogP contribution in [0.1, 0.15) is 62.0 Å². The Morgan fingerprint density at radius 2 is 1.90 bits per heavy atom. The summed E-state index contributed by atoms with van der Waals surface area (Å²) in [6.07, 6.45) is 7.45. The van der Waals surface area contributed by atoms with E-state index in [9.17, 15) is 0 Å². The summed E-state index contributed by atoms with van der Waals surface area (Å²) >= 11 is 0. The number of hydrogen-bond acceptors (Lipinski definition) is 2. The van der Waals surface area contributed by atoms with Gasteiger partial charge in [-0.15, -0.1) is 0 Å². The fraction of sp³-hybridized carbons (Fsp3) is 0.833. The van der Waals surface area contributed by atoms with Gasteiger partial charge >= 0.3 is 0 Å². The van der Waals surface area contributed by atoms with Crippen molar-refractivity contribution in [3.8, 4) is 0 Å². The fourth-order valence-corrected chi connectivity index (χ4v) is 6.08. The van der Waals surface area contributed by atoms with Crippen molar-refractivity contribution in [1.29, 1.82) is 0 Å². The van der Waals surface area contributed by atoms with Gasteiger partial charge in [-0.2, -0.15) is 5.10 Å². The second-order valence-electron chi connectivity index (χ2n) is 7.86. The molecule has 21 heavy (non-hydrogen) atoms. The number of aryl methyl sites for hydroxylation is 2. The summed E-state index contributed by atoms with van der Waals surface area (Å²) in [4.78, 5) is 0. The van der Waals surface area contributed by atoms with Gasteiger partial charge in [0.15, 0.2) is 0 Å². The highest BCUT2D eigenvalue weighted by Gasteiger charge is 2.53. The number of fused-ring (bicyclic) bond motifs is 5. The van der Waals surface area contributed by atoms with E-state index in [0.29, 0.717) is 6.04 Å². The van der Waals surface area contributed by atoms with Gasteiger partial charge in [0, 0.05) is 30.4 Å². The molecule has 2 bridgehead atoms. The van der Waals surface area contributed by atoms with Gasteiger partial charge in [-0.1, -0.05) is 6.42 Å². The smallest absolute Gasteiger partial charge is 0.0644 e. The molecule has 4 rings (SSSR count). The maximum Gasteiger partial charge on any atom is 0.0644 e. The van der Waals surface area contributed by atoms with Crippen molar-refractivity contribution >= 4 is 0 Å². The first-order chi connectivity index (χ1) is 10.1. The summed E-state index contributed by atoms with van der Waals surface area (Å²) in [5, 5.41) is 8.56. The van der Waals surface area contributed by atoms with Crippen LogP contribution in [0.15, 0.2) is 0 Å². The van der Waals surface area contributed by atoms with Crippen molar-refractivity contribution in [2.45, 2.75) is 65.0 Å². The largest absolute Gasteiger partial charge is 0.307 e. The van der Waals surface area contributed by atoms with E-state index in [4.69, 9.17) is 0 Å². The molecule has 3 fully saturated rings. The van der Waals surface area contributed by atoms with E-state index in [1.54, 1.807) is 0 Å². The Morgan fingerprint density at radius 1 is 1.14 bits per heavy atom. The van der Waals surface area contributed by atoms with Crippen LogP contribution in [0.4, 0.5) is 0 Å². The molecule has 3 aliphatic carbocycles. The van der Waals surface area contributed by atoms with E-state index in [0.717, 1.165) is 29.7 Å². The van der Waals surface area contributed by atoms with Gasteiger partial charge in [-0.25, -0.2) is 0 Å². The topological polar surface area (TPSA) is 29.9 Å². The van der Waals surface area contributed by atoms with Crippen LogP contribution in [0.3, 0.4) is 0 Å². The van der Waals surface area contributed by atoms with E-state index in [-0.39, 0.29) is 0 Å². The summed E-state index contributed by atoms with van der Waals surface area (Å²) in [6, 6.07) is 1.19. The highest BCUT2D eigenvalue weighted by Crippen LogP contribution is 2.58. The molecular weight excluding hydrogens is 258 g/mol. The summed E-state index contributed by atoms with van der Waals surface area (Å²) in [6.45, 7) is 6.67. The lowest BCUT2D eigenvalue weighted by molar-refractivity contribution is 0.200. The lowest BCUT2D eigenvalue weighted by Crippen LogP contribution is -2.40. The van der Waals surface area contributed by atoms with Crippen molar-refractivity contribution in [2.75, 3.05) is 0 Å². The molecule has 1 heterocycles. The van der Waals surface area contributed by atoms with Gasteiger partial charge in [0.05, 0.1) is 5.69 Å². The second kappa shape index (κ2) is 4.84. The van der Waals surface area contributed by atoms with Crippen LogP contribution in [0, 0.1) is 37.5 Å². The average Bonchev–Trinajstić information content (AvgIpc) is 3.12. The molecule has 3 nitrogen and oxygen atoms in total. The predicted octanol–water partition coefficient (Wildman–Crippen LogP) is 3.51. The molecule has 3 heteroatoms. The SMILES string of the molecule is Cc1nn(C)c(C)c1C(C)NC1CC2CC1C1CCCC21. The normalized spacial score (nSPS) is 39.0. The fourth-order valence-electron chi connectivity index (χ4n) is 6.08. The van der Waals surface area contributed by atoms with Crippen LogP contribution < -0.4 is 5.32 Å². The van der Waals surface area contributed by atoms with Crippen molar-refractivity contribution in [2.24, 2.45) is 30.7 Å². The lowest BCUT2D eigenvalue weighted by atomic mass is 9.79. The predicted molar refractivity (Wildman–Crippen MR) is 85.1 cm³/mol. The second-order valence-corrected chi connectivity index (χ2v) is 7.86. The molecule has 0 spiro atoms. The number of rotatable bonds is 3. The summed E-state index contributed by atoms with van der Waals surface area (Å²) < 4.78 is 2.02. The zero-order valence-electron chi connectivity index (χ0n) is 13.9. The van der Waals surface area contributed by atoms with Crippen LogP contribution in [-0.4, -0.2) is 15.8 Å². The average molecular weight is 287 g/mol. The number of nitrogens with zero attached hydrogens (tertiary/aromatic N) is 2. The third-order valence-corrected chi connectivity index (χ3v) is 6.89. The Balaban J connectivity index is 1.50. The minimum Gasteiger partial charge on any atom is -0.307 e. The molecule has 6 atom stereocenters. The molecule has 0 radical (unpaired) electrons. The Morgan fingerprint density at radius 3 is 2.62 bits per heavy atom. The van der Waals surface area contributed by atoms with Gasteiger partial charge in [0.1, 0.15) is 0 Å². The summed E-state index contributed by atoms with van der Waals surface area (Å²) in [7, 11) is 2.05. The van der Waals surface area contributed by atoms with Crippen LogP contribution >= 0.6 is 0 Å². The van der Waals surface area contributed by atoms with E-state index < -0.39 is 0 Å². The van der Waals surface area contributed by atoms with Crippen LogP contribution in [0.5, 0.6) is 0 Å². The lowest BCUT2D eigenvalue weighted by Gasteiger charge is -2.34. The summed E-state index contributed by atoms with van der Waals surface area (Å²) in [5.74, 6) is 4.13. The molecule has 1 aromatic rings. The zero-order chi connectivity index (χ0) is 14.7. The van der Waals surface area contributed by atoms with Gasteiger partial charge in [-0.05, 0) is 70.1 Å². The van der Waals surface area contributed by atoms with Crippen LogP contribution in [-0.2, 0) is 7.05 Å². The standard InChI is InChI=1S/C18H29N3/c1-10(18-11(2)20-21(4)12(18)3)19-17-9-13-8-16(17)15-7-5-6-14(13)15/h10,13-17,19H,5-9H2,1-4H3. The molecule has 1 N–H and O–H groups in total. The Labute approximate surface area is 128 Å². The first-order valence-electron chi connectivity index (χ1n) is 8.82. The maximum atomic E-state index is 4.58. The first-order valence-corrected chi connectivity index (χ1v) is 8.82. The Hall–Kier alpha value is -0.830. The molecule has 116 valence electrons. The monoisotopic (exact) mass is 287 g/mol. The van der Waals surface area contributed by atoms with Crippen molar-refractivity contribution in [3.63, 3.8) is 0 Å². The van der Waals surface area contributed by atoms with E-state index in [1.165, 1.54) is 49.1 Å². The van der Waals surface area contributed by atoms with E-state index >= 15 is 0 Å². The van der Waals surface area contributed by atoms with E-state index in [1.807, 2.05) is 4.68 Å². The zero-order valence-corrected chi connectivity index (χ0v) is 13.9. The molecule has 3 saturated carbocycles. The molecule has 0 saturated heterocycles.